The summed E-state index contributed by atoms with van der Waals surface area (Å²) in [5.41, 5.74) is 2.94. The van der Waals surface area contributed by atoms with Gasteiger partial charge in [0, 0.05) is 27.7 Å². The van der Waals surface area contributed by atoms with E-state index in [1.165, 1.54) is 5.56 Å². The second kappa shape index (κ2) is 6.99. The van der Waals surface area contributed by atoms with Crippen LogP contribution >= 0.6 is 11.6 Å². The van der Waals surface area contributed by atoms with Crippen molar-refractivity contribution in [3.05, 3.63) is 70.9 Å². The second-order valence-corrected chi connectivity index (χ2v) is 6.10. The Labute approximate surface area is 140 Å². The van der Waals surface area contributed by atoms with Crippen LogP contribution < -0.4 is 5.32 Å². The summed E-state index contributed by atoms with van der Waals surface area (Å²) >= 11 is 5.88. The van der Waals surface area contributed by atoms with Gasteiger partial charge in [0.2, 0.25) is 0 Å². The first kappa shape index (κ1) is 15.8. The van der Waals surface area contributed by atoms with Gasteiger partial charge >= 0.3 is 0 Å². The number of benzene rings is 2. The number of halogens is 1. The summed E-state index contributed by atoms with van der Waals surface area (Å²) in [6, 6.07) is 15.4. The Balaban J connectivity index is 1.60. The van der Waals surface area contributed by atoms with E-state index in [4.69, 9.17) is 11.6 Å². The van der Waals surface area contributed by atoms with E-state index < -0.39 is 0 Å². The van der Waals surface area contributed by atoms with Gasteiger partial charge in [-0.25, -0.2) is 0 Å². The molecule has 23 heavy (non-hydrogen) atoms. The molecule has 118 valence electrons. The van der Waals surface area contributed by atoms with Crippen molar-refractivity contribution in [2.75, 3.05) is 6.54 Å². The van der Waals surface area contributed by atoms with Crippen molar-refractivity contribution < 1.29 is 4.79 Å². The zero-order valence-corrected chi connectivity index (χ0v) is 13.7. The van der Waals surface area contributed by atoms with Crippen LogP contribution in [0, 0.1) is 0 Å². The first-order valence-electron chi connectivity index (χ1n) is 7.73. The number of carbonyl (C=O) groups excluding carboxylic acids is 1. The number of hydrogen-bond donors (Lipinski definition) is 2. The number of aromatic nitrogens is 1. The van der Waals surface area contributed by atoms with Gasteiger partial charge in [0.1, 0.15) is 0 Å². The molecule has 2 N–H and O–H groups in total. The minimum absolute atomic E-state index is 0.110. The van der Waals surface area contributed by atoms with E-state index in [1.807, 2.05) is 55.5 Å². The topological polar surface area (TPSA) is 44.9 Å². The highest BCUT2D eigenvalue weighted by Crippen LogP contribution is 2.19. The lowest BCUT2D eigenvalue weighted by molar-refractivity contribution is 0.0953. The summed E-state index contributed by atoms with van der Waals surface area (Å²) < 4.78 is 0. The summed E-state index contributed by atoms with van der Waals surface area (Å²) in [6.07, 6.45) is 2.66. The molecular weight excluding hydrogens is 308 g/mol. The van der Waals surface area contributed by atoms with Crippen molar-refractivity contribution in [1.82, 2.24) is 10.3 Å². The van der Waals surface area contributed by atoms with Gasteiger partial charge in [0.25, 0.3) is 0 Å². The SMILES string of the molecule is C[C@@H](NCCc1ccc(Cl)cc1)C(=O)c1c[nH]c2ccccc12. The standard InChI is InChI=1S/C19H19ClN2O/c1-13(21-11-10-14-6-8-15(20)9-7-14)19(23)17-12-22-18-5-3-2-4-16(17)18/h2-9,12-13,21-22H,10-11H2,1H3/t13-/m1/s1. The smallest absolute Gasteiger partial charge is 0.181 e. The van der Waals surface area contributed by atoms with E-state index in [0.29, 0.717) is 0 Å². The van der Waals surface area contributed by atoms with E-state index in [1.54, 1.807) is 6.20 Å². The quantitative estimate of drug-likeness (QED) is 0.666. The predicted octanol–water partition coefficient (Wildman–Crippen LogP) is 4.22. The van der Waals surface area contributed by atoms with E-state index >= 15 is 0 Å². The van der Waals surface area contributed by atoms with E-state index in [2.05, 4.69) is 10.3 Å². The molecule has 0 saturated heterocycles. The zero-order valence-electron chi connectivity index (χ0n) is 13.0. The summed E-state index contributed by atoms with van der Waals surface area (Å²) in [5, 5.41) is 5.02. The van der Waals surface area contributed by atoms with E-state index in [9.17, 15) is 4.79 Å². The van der Waals surface area contributed by atoms with Crippen LogP contribution in [0.25, 0.3) is 10.9 Å². The van der Waals surface area contributed by atoms with Gasteiger partial charge in [0.05, 0.1) is 6.04 Å². The number of carbonyl (C=O) groups is 1. The highest BCUT2D eigenvalue weighted by molar-refractivity contribution is 6.30. The molecule has 1 atom stereocenters. The van der Waals surface area contributed by atoms with Gasteiger partial charge in [0.15, 0.2) is 5.78 Å². The zero-order chi connectivity index (χ0) is 16.2. The largest absolute Gasteiger partial charge is 0.360 e. The van der Waals surface area contributed by atoms with Crippen molar-refractivity contribution in [2.45, 2.75) is 19.4 Å². The van der Waals surface area contributed by atoms with Crippen LogP contribution in [-0.2, 0) is 6.42 Å². The highest BCUT2D eigenvalue weighted by atomic mass is 35.5. The lowest BCUT2D eigenvalue weighted by atomic mass is 10.0. The number of para-hydroxylation sites is 1. The van der Waals surface area contributed by atoms with Crippen molar-refractivity contribution in [3.8, 4) is 0 Å². The van der Waals surface area contributed by atoms with Crippen LogP contribution in [0.2, 0.25) is 5.02 Å². The molecule has 0 amide bonds. The molecule has 0 unspecified atom stereocenters. The number of H-pyrrole nitrogens is 1. The van der Waals surface area contributed by atoms with E-state index in [0.717, 1.165) is 34.5 Å². The van der Waals surface area contributed by atoms with Gasteiger partial charge in [-0.1, -0.05) is 41.9 Å². The maximum Gasteiger partial charge on any atom is 0.181 e. The molecule has 3 nitrogen and oxygen atoms in total. The lowest BCUT2D eigenvalue weighted by Crippen LogP contribution is -2.35. The first-order valence-corrected chi connectivity index (χ1v) is 8.11. The minimum Gasteiger partial charge on any atom is -0.360 e. The van der Waals surface area contributed by atoms with Crippen molar-refractivity contribution in [2.24, 2.45) is 0 Å². The van der Waals surface area contributed by atoms with Gasteiger partial charge in [-0.05, 0) is 43.7 Å². The monoisotopic (exact) mass is 326 g/mol. The Morgan fingerprint density at radius 1 is 1.17 bits per heavy atom. The predicted molar refractivity (Wildman–Crippen MR) is 95.2 cm³/mol. The molecule has 0 radical (unpaired) electrons. The fourth-order valence-corrected chi connectivity index (χ4v) is 2.81. The summed E-state index contributed by atoms with van der Waals surface area (Å²) in [6.45, 7) is 2.66. The van der Waals surface area contributed by atoms with Crippen LogP contribution in [0.3, 0.4) is 0 Å². The lowest BCUT2D eigenvalue weighted by Gasteiger charge is -2.12. The van der Waals surface area contributed by atoms with Crippen LogP contribution in [0.1, 0.15) is 22.8 Å². The normalized spacial score (nSPS) is 12.4. The number of rotatable bonds is 6. The number of hydrogen-bond acceptors (Lipinski definition) is 2. The molecular formula is C19H19ClN2O. The Morgan fingerprint density at radius 3 is 2.70 bits per heavy atom. The van der Waals surface area contributed by atoms with Crippen LogP contribution in [0.4, 0.5) is 0 Å². The maximum absolute atomic E-state index is 12.6. The third-order valence-electron chi connectivity index (χ3n) is 4.03. The molecule has 3 rings (SSSR count). The summed E-state index contributed by atoms with van der Waals surface area (Å²) in [4.78, 5) is 15.8. The number of Topliss-reactive ketones (excluding diaryl/α,β-unsaturated/α-hetero) is 1. The molecule has 4 heteroatoms. The van der Waals surface area contributed by atoms with Gasteiger partial charge in [-0.2, -0.15) is 0 Å². The molecule has 0 saturated carbocycles. The van der Waals surface area contributed by atoms with Crippen LogP contribution in [0.15, 0.2) is 54.7 Å². The molecule has 0 aliphatic carbocycles. The molecule has 2 aromatic carbocycles. The number of fused-ring (bicyclic) bond motifs is 1. The van der Waals surface area contributed by atoms with E-state index in [-0.39, 0.29) is 11.8 Å². The van der Waals surface area contributed by atoms with Crippen molar-refractivity contribution in [3.63, 3.8) is 0 Å². The highest BCUT2D eigenvalue weighted by Gasteiger charge is 2.17. The third-order valence-corrected chi connectivity index (χ3v) is 4.28. The summed E-state index contributed by atoms with van der Waals surface area (Å²) in [5.74, 6) is 0.110. The van der Waals surface area contributed by atoms with Gasteiger partial charge < -0.3 is 10.3 Å². The average Bonchev–Trinajstić information content (AvgIpc) is 3.00. The molecule has 0 bridgehead atoms. The summed E-state index contributed by atoms with van der Waals surface area (Å²) in [7, 11) is 0. The minimum atomic E-state index is -0.221. The maximum atomic E-state index is 12.6. The number of nitrogens with one attached hydrogen (secondary N) is 2. The molecule has 0 aliphatic rings. The Hall–Kier alpha value is -2.10. The fourth-order valence-electron chi connectivity index (χ4n) is 2.69. The third kappa shape index (κ3) is 3.63. The molecule has 3 aromatic rings. The molecule has 1 heterocycles. The van der Waals surface area contributed by atoms with Crippen LogP contribution in [-0.4, -0.2) is 23.4 Å². The van der Waals surface area contributed by atoms with Gasteiger partial charge in [-0.15, -0.1) is 0 Å². The Bertz CT molecular complexity index is 808. The first-order chi connectivity index (χ1) is 11.1. The molecule has 1 aromatic heterocycles. The number of aromatic amines is 1. The van der Waals surface area contributed by atoms with Crippen molar-refractivity contribution in [1.29, 1.82) is 0 Å². The molecule has 0 spiro atoms. The second-order valence-electron chi connectivity index (χ2n) is 5.66. The molecule has 0 aliphatic heterocycles. The van der Waals surface area contributed by atoms with Crippen molar-refractivity contribution >= 4 is 28.3 Å². The number of ketones is 1. The molecule has 0 fully saturated rings. The van der Waals surface area contributed by atoms with Crippen LogP contribution in [0.5, 0.6) is 0 Å². The van der Waals surface area contributed by atoms with Gasteiger partial charge in [-0.3, -0.25) is 4.79 Å². The fraction of sp³-hybridized carbons (Fsp3) is 0.211. The Morgan fingerprint density at radius 2 is 1.91 bits per heavy atom. The average molecular weight is 327 g/mol. The Kier molecular flexibility index (Phi) is 4.79.